The normalized spacial score (nSPS) is 10.8. The summed E-state index contributed by atoms with van der Waals surface area (Å²) in [5.41, 5.74) is 3.71. The highest BCUT2D eigenvalue weighted by Gasteiger charge is 2.11. The molecule has 0 bridgehead atoms. The first-order valence-corrected chi connectivity index (χ1v) is 9.48. The van der Waals surface area contributed by atoms with E-state index < -0.39 is 0 Å². The van der Waals surface area contributed by atoms with Crippen LogP contribution in [0.1, 0.15) is 12.0 Å². The molecule has 2 aromatic carbocycles. The number of hydrogen-bond acceptors (Lipinski definition) is 5. The number of anilines is 1. The number of benzene rings is 2. The van der Waals surface area contributed by atoms with Gasteiger partial charge >= 0.3 is 0 Å². The van der Waals surface area contributed by atoms with Crippen molar-refractivity contribution >= 4 is 23.8 Å². The number of nitrogens with one attached hydrogen (secondary N) is 2. The summed E-state index contributed by atoms with van der Waals surface area (Å²) in [7, 11) is 0. The summed E-state index contributed by atoms with van der Waals surface area (Å²) in [6.07, 6.45) is 3.37. The van der Waals surface area contributed by atoms with Crippen LogP contribution in [0.25, 0.3) is 17.1 Å². The summed E-state index contributed by atoms with van der Waals surface area (Å²) >= 11 is 5.33. The molecule has 4 aromatic rings. The van der Waals surface area contributed by atoms with Gasteiger partial charge in [0.2, 0.25) is 5.91 Å². The molecule has 29 heavy (non-hydrogen) atoms. The first-order chi connectivity index (χ1) is 14.1. The zero-order chi connectivity index (χ0) is 20.2. The second-order valence-corrected chi connectivity index (χ2v) is 6.94. The molecule has 0 saturated heterocycles. The van der Waals surface area contributed by atoms with Crippen molar-refractivity contribution in [3.8, 4) is 17.1 Å². The number of aryl methyl sites for hydroxylation is 1. The quantitative estimate of drug-likeness (QED) is 0.479. The molecule has 1 amide bonds. The van der Waals surface area contributed by atoms with Crippen LogP contribution in [0, 0.1) is 11.7 Å². The van der Waals surface area contributed by atoms with Gasteiger partial charge in [0.05, 0.1) is 5.69 Å². The standard InChI is InChI=1S/C20H19N7OS/c1-14-2-4-15(5-3-14)19-24-25-20(29)26(19)11-10-18(28)23-16-6-8-17(9-7-16)27-13-21-12-22-27/h2-9,12-13H,10-11H2,1H3,(H,23,28)(H,25,29). The van der Waals surface area contributed by atoms with Gasteiger partial charge in [0.1, 0.15) is 12.7 Å². The fourth-order valence-corrected chi connectivity index (χ4v) is 3.15. The second-order valence-electron chi connectivity index (χ2n) is 6.56. The van der Waals surface area contributed by atoms with E-state index in [0.29, 0.717) is 17.0 Å². The zero-order valence-electron chi connectivity index (χ0n) is 15.7. The van der Waals surface area contributed by atoms with Gasteiger partial charge in [-0.05, 0) is 43.4 Å². The fourth-order valence-electron chi connectivity index (χ4n) is 2.92. The van der Waals surface area contributed by atoms with E-state index in [1.165, 1.54) is 11.9 Å². The van der Waals surface area contributed by atoms with E-state index in [4.69, 9.17) is 12.2 Å². The molecule has 0 unspecified atom stereocenters. The van der Waals surface area contributed by atoms with Crippen LogP contribution in [0.5, 0.6) is 0 Å². The molecule has 4 rings (SSSR count). The fraction of sp³-hybridized carbons (Fsp3) is 0.150. The number of H-pyrrole nitrogens is 1. The molecule has 0 fully saturated rings. The minimum Gasteiger partial charge on any atom is -0.326 e. The van der Waals surface area contributed by atoms with Gasteiger partial charge in [-0.2, -0.15) is 10.2 Å². The Morgan fingerprint density at radius 3 is 2.59 bits per heavy atom. The lowest BCUT2D eigenvalue weighted by molar-refractivity contribution is -0.116. The summed E-state index contributed by atoms with van der Waals surface area (Å²) in [5.74, 6) is 0.622. The van der Waals surface area contributed by atoms with Crippen LogP contribution in [0.2, 0.25) is 0 Å². The zero-order valence-corrected chi connectivity index (χ0v) is 16.6. The molecule has 0 aliphatic rings. The Morgan fingerprint density at radius 1 is 1.14 bits per heavy atom. The SMILES string of the molecule is Cc1ccc(-c2n[nH]c(=S)n2CCC(=O)Nc2ccc(-n3cncn3)cc2)cc1. The smallest absolute Gasteiger partial charge is 0.226 e. The lowest BCUT2D eigenvalue weighted by atomic mass is 10.1. The van der Waals surface area contributed by atoms with Gasteiger partial charge in [0, 0.05) is 24.2 Å². The average Bonchev–Trinajstić information content (AvgIpc) is 3.38. The Kier molecular flexibility index (Phi) is 5.30. The third-order valence-electron chi connectivity index (χ3n) is 4.46. The minimum atomic E-state index is -0.100. The van der Waals surface area contributed by atoms with Crippen molar-refractivity contribution in [2.75, 3.05) is 5.32 Å². The van der Waals surface area contributed by atoms with Crippen molar-refractivity contribution in [3.63, 3.8) is 0 Å². The van der Waals surface area contributed by atoms with Crippen LogP contribution < -0.4 is 5.32 Å². The molecule has 9 heteroatoms. The van der Waals surface area contributed by atoms with Crippen LogP contribution in [0.15, 0.2) is 61.2 Å². The maximum Gasteiger partial charge on any atom is 0.226 e. The number of carbonyl (C=O) groups is 1. The first kappa shape index (κ1) is 18.8. The average molecular weight is 405 g/mol. The maximum absolute atomic E-state index is 12.4. The summed E-state index contributed by atoms with van der Waals surface area (Å²) < 4.78 is 3.98. The third-order valence-corrected chi connectivity index (χ3v) is 4.78. The number of aromatic nitrogens is 6. The number of hydrogen-bond donors (Lipinski definition) is 2. The molecule has 8 nitrogen and oxygen atoms in total. The van der Waals surface area contributed by atoms with Gasteiger partial charge < -0.3 is 5.32 Å². The number of carbonyl (C=O) groups excluding carboxylic acids is 1. The summed E-state index contributed by atoms with van der Waals surface area (Å²) in [6.45, 7) is 2.46. The molecule has 2 aromatic heterocycles. The molecule has 0 radical (unpaired) electrons. The van der Waals surface area contributed by atoms with Gasteiger partial charge in [0.15, 0.2) is 10.6 Å². The van der Waals surface area contributed by atoms with E-state index in [-0.39, 0.29) is 12.3 Å². The van der Waals surface area contributed by atoms with Crippen LogP contribution in [0.4, 0.5) is 5.69 Å². The predicted octanol–water partition coefficient (Wildman–Crippen LogP) is 3.53. The first-order valence-electron chi connectivity index (χ1n) is 9.07. The van der Waals surface area contributed by atoms with Gasteiger partial charge in [-0.15, -0.1) is 0 Å². The Labute approximate surface area is 172 Å². The predicted molar refractivity (Wildman–Crippen MR) is 112 cm³/mol. The third kappa shape index (κ3) is 4.30. The minimum absolute atomic E-state index is 0.100. The van der Waals surface area contributed by atoms with Gasteiger partial charge in [-0.3, -0.25) is 14.5 Å². The summed E-state index contributed by atoms with van der Waals surface area (Å²) in [6, 6.07) is 15.4. The van der Waals surface area contributed by atoms with Gasteiger partial charge in [-0.1, -0.05) is 29.8 Å². The number of aromatic amines is 1. The van der Waals surface area contributed by atoms with Crippen LogP contribution in [-0.4, -0.2) is 35.4 Å². The lowest BCUT2D eigenvalue weighted by Crippen LogP contribution is -2.15. The van der Waals surface area contributed by atoms with Crippen LogP contribution >= 0.6 is 12.2 Å². The highest BCUT2D eigenvalue weighted by molar-refractivity contribution is 7.71. The number of amides is 1. The van der Waals surface area contributed by atoms with Crippen molar-refractivity contribution in [2.45, 2.75) is 19.9 Å². The lowest BCUT2D eigenvalue weighted by Gasteiger charge is -2.09. The van der Waals surface area contributed by atoms with Crippen molar-refractivity contribution < 1.29 is 4.79 Å². The molecular formula is C20H19N7OS. The van der Waals surface area contributed by atoms with E-state index in [2.05, 4.69) is 25.6 Å². The molecule has 0 spiro atoms. The maximum atomic E-state index is 12.4. The van der Waals surface area contributed by atoms with E-state index in [0.717, 1.165) is 17.1 Å². The molecule has 0 aliphatic heterocycles. The molecule has 146 valence electrons. The van der Waals surface area contributed by atoms with Crippen LogP contribution in [0.3, 0.4) is 0 Å². The Bertz CT molecular complexity index is 1160. The molecule has 0 saturated carbocycles. The van der Waals surface area contributed by atoms with E-state index in [9.17, 15) is 4.79 Å². The van der Waals surface area contributed by atoms with E-state index >= 15 is 0 Å². The Balaban J connectivity index is 1.41. The summed E-state index contributed by atoms with van der Waals surface area (Å²) in [4.78, 5) is 16.3. The van der Waals surface area contributed by atoms with Crippen LogP contribution in [-0.2, 0) is 11.3 Å². The largest absolute Gasteiger partial charge is 0.326 e. The summed E-state index contributed by atoms with van der Waals surface area (Å²) in [5, 5.41) is 14.1. The van der Waals surface area contributed by atoms with Gasteiger partial charge in [0.25, 0.3) is 0 Å². The Hall–Kier alpha value is -3.59. The molecule has 0 aliphatic carbocycles. The van der Waals surface area contributed by atoms with Crippen molar-refractivity contribution in [2.24, 2.45) is 0 Å². The monoisotopic (exact) mass is 405 g/mol. The highest BCUT2D eigenvalue weighted by Crippen LogP contribution is 2.18. The number of nitrogens with zero attached hydrogens (tertiary/aromatic N) is 5. The number of rotatable bonds is 6. The highest BCUT2D eigenvalue weighted by atomic mass is 32.1. The van der Waals surface area contributed by atoms with Crippen molar-refractivity contribution in [1.29, 1.82) is 0 Å². The topological polar surface area (TPSA) is 93.4 Å². The van der Waals surface area contributed by atoms with Gasteiger partial charge in [-0.25, -0.2) is 9.67 Å². The van der Waals surface area contributed by atoms with E-state index in [1.807, 2.05) is 60.0 Å². The van der Waals surface area contributed by atoms with Crippen molar-refractivity contribution in [1.82, 2.24) is 29.5 Å². The Morgan fingerprint density at radius 2 is 1.90 bits per heavy atom. The van der Waals surface area contributed by atoms with E-state index in [1.54, 1.807) is 11.0 Å². The molecule has 0 atom stereocenters. The van der Waals surface area contributed by atoms with Crippen molar-refractivity contribution in [3.05, 3.63) is 71.5 Å². The molecule has 2 heterocycles. The second kappa shape index (κ2) is 8.19. The molecule has 2 N–H and O–H groups in total. The molecular weight excluding hydrogens is 386 g/mol.